The van der Waals surface area contributed by atoms with Gasteiger partial charge < -0.3 is 33.7 Å². The lowest BCUT2D eigenvalue weighted by atomic mass is 10.1. The minimum atomic E-state index is -0.822. The summed E-state index contributed by atoms with van der Waals surface area (Å²) in [4.78, 5) is 31.3. The molecule has 2 fully saturated rings. The van der Waals surface area contributed by atoms with Crippen LogP contribution in [0.3, 0.4) is 0 Å². The normalized spacial score (nSPS) is 18.2. The van der Waals surface area contributed by atoms with Crippen LogP contribution in [-0.2, 0) is 18.3 Å². The summed E-state index contributed by atoms with van der Waals surface area (Å²) in [6, 6.07) is 7.63. The van der Waals surface area contributed by atoms with Gasteiger partial charge in [0.25, 0.3) is 5.91 Å². The Morgan fingerprint density at radius 3 is 2.81 bits per heavy atom. The van der Waals surface area contributed by atoms with Gasteiger partial charge in [0, 0.05) is 31.1 Å². The average Bonchev–Trinajstić information content (AvgIpc) is 3.31. The highest BCUT2D eigenvalue weighted by atomic mass is 16.6. The van der Waals surface area contributed by atoms with Crippen LogP contribution in [0.5, 0.6) is 5.75 Å². The number of piperidine rings is 1. The van der Waals surface area contributed by atoms with E-state index in [1.807, 2.05) is 17.7 Å². The van der Waals surface area contributed by atoms with E-state index in [1.54, 1.807) is 30.4 Å². The van der Waals surface area contributed by atoms with E-state index in [1.165, 1.54) is 12.8 Å². The molecule has 1 saturated heterocycles. The van der Waals surface area contributed by atoms with E-state index in [0.29, 0.717) is 42.3 Å². The first-order valence-electron chi connectivity index (χ1n) is 12.3. The topological polar surface area (TPSA) is 118 Å². The Morgan fingerprint density at radius 2 is 2.06 bits per heavy atom. The molecule has 10 heteroatoms. The Morgan fingerprint density at radius 1 is 1.22 bits per heavy atom. The molecule has 0 radical (unpaired) electrons. The fourth-order valence-electron chi connectivity index (χ4n) is 5.28. The van der Waals surface area contributed by atoms with Crippen molar-refractivity contribution in [2.75, 3.05) is 20.2 Å². The lowest BCUT2D eigenvalue weighted by Gasteiger charge is -2.32. The SMILES string of the molecule is COc1cc(C(=O)N2CCC[C@@H](OC(N)=O)C2)cc2nc(-c3cc4ccoc4n3CC3CC3)n(C)c12. The standard InChI is InChI=1S/C26H29N5O5/c1-29-22-19(28-23(29)20-11-16-7-9-35-25(16)31(20)13-15-5-6-15)10-17(12-21(22)34-2)24(32)30-8-3-4-18(14-30)36-26(27)33/h7,9-12,15,18H,3-6,8,13-14H2,1-2H3,(H2,27,33)/t18-/m1/s1. The fraction of sp³-hybridized carbons (Fsp3) is 0.423. The lowest BCUT2D eigenvalue weighted by Crippen LogP contribution is -2.44. The second-order valence-electron chi connectivity index (χ2n) is 9.76. The number of aromatic nitrogens is 3. The monoisotopic (exact) mass is 491 g/mol. The van der Waals surface area contributed by atoms with Crippen LogP contribution in [0.2, 0.25) is 0 Å². The van der Waals surface area contributed by atoms with Gasteiger partial charge in [0.05, 0.1) is 31.1 Å². The van der Waals surface area contributed by atoms with Gasteiger partial charge in [-0.1, -0.05) is 0 Å². The largest absolute Gasteiger partial charge is 0.494 e. The quantitative estimate of drug-likeness (QED) is 0.437. The molecule has 3 aromatic heterocycles. The maximum Gasteiger partial charge on any atom is 0.404 e. The molecule has 0 bridgehead atoms. The van der Waals surface area contributed by atoms with Gasteiger partial charge in [-0.05, 0) is 55.9 Å². The van der Waals surface area contributed by atoms with Gasteiger partial charge in [-0.25, -0.2) is 9.78 Å². The number of methoxy groups -OCH3 is 1. The van der Waals surface area contributed by atoms with Crippen molar-refractivity contribution in [3.63, 3.8) is 0 Å². The van der Waals surface area contributed by atoms with Crippen molar-refractivity contribution < 1.29 is 23.5 Å². The third-order valence-electron chi connectivity index (χ3n) is 7.22. The number of nitrogens with two attached hydrogens (primary N) is 1. The number of amides is 2. The molecule has 1 aliphatic carbocycles. The molecular formula is C26H29N5O5. The van der Waals surface area contributed by atoms with Gasteiger partial charge >= 0.3 is 6.09 Å². The number of rotatable bonds is 6. The predicted octanol–water partition coefficient (Wildman–Crippen LogP) is 3.91. The van der Waals surface area contributed by atoms with Crippen LogP contribution in [0.1, 0.15) is 36.0 Å². The van der Waals surface area contributed by atoms with Crippen molar-refractivity contribution in [2.24, 2.45) is 18.7 Å². The van der Waals surface area contributed by atoms with E-state index in [0.717, 1.165) is 41.1 Å². The maximum absolute atomic E-state index is 13.4. The highest BCUT2D eigenvalue weighted by molar-refractivity contribution is 6.00. The van der Waals surface area contributed by atoms with Crippen LogP contribution in [0.4, 0.5) is 4.79 Å². The van der Waals surface area contributed by atoms with Gasteiger partial charge in [0.15, 0.2) is 5.82 Å². The van der Waals surface area contributed by atoms with E-state index in [9.17, 15) is 9.59 Å². The number of hydrogen-bond acceptors (Lipinski definition) is 6. The Kier molecular flexibility index (Phi) is 5.39. The number of aryl methyl sites for hydroxylation is 1. The second-order valence-corrected chi connectivity index (χ2v) is 9.76. The maximum atomic E-state index is 13.4. The van der Waals surface area contributed by atoms with Gasteiger partial charge in [-0.2, -0.15) is 0 Å². The molecule has 0 unspecified atom stereocenters. The predicted molar refractivity (Wildman–Crippen MR) is 133 cm³/mol. The molecule has 2 aliphatic rings. The van der Waals surface area contributed by atoms with Crippen LogP contribution in [-0.4, -0.2) is 57.3 Å². The molecule has 1 atom stereocenters. The first-order valence-corrected chi connectivity index (χ1v) is 12.3. The van der Waals surface area contributed by atoms with E-state index < -0.39 is 12.2 Å². The molecule has 10 nitrogen and oxygen atoms in total. The number of likely N-dealkylation sites (tertiary alicyclic amines) is 1. The van der Waals surface area contributed by atoms with E-state index in [-0.39, 0.29) is 5.91 Å². The Labute approximate surface area is 207 Å². The molecule has 4 aromatic rings. The third-order valence-corrected chi connectivity index (χ3v) is 7.22. The summed E-state index contributed by atoms with van der Waals surface area (Å²) in [5.41, 5.74) is 8.98. The Hall–Kier alpha value is -3.95. The summed E-state index contributed by atoms with van der Waals surface area (Å²) in [6.07, 6.45) is 4.36. The molecule has 1 saturated carbocycles. The Bertz CT molecular complexity index is 1480. The molecular weight excluding hydrogens is 462 g/mol. The van der Waals surface area contributed by atoms with Crippen LogP contribution in [0, 0.1) is 5.92 Å². The molecule has 1 aliphatic heterocycles. The molecule has 2 N–H and O–H groups in total. The van der Waals surface area contributed by atoms with Gasteiger partial charge in [0.2, 0.25) is 5.71 Å². The molecule has 36 heavy (non-hydrogen) atoms. The van der Waals surface area contributed by atoms with E-state index in [2.05, 4.69) is 10.6 Å². The lowest BCUT2D eigenvalue weighted by molar-refractivity contribution is 0.0373. The van der Waals surface area contributed by atoms with Gasteiger partial charge in [-0.15, -0.1) is 0 Å². The number of hydrogen-bond donors (Lipinski definition) is 1. The number of nitrogens with zero attached hydrogens (tertiary/aromatic N) is 4. The smallest absolute Gasteiger partial charge is 0.404 e. The Balaban J connectivity index is 1.39. The summed E-state index contributed by atoms with van der Waals surface area (Å²) in [6.45, 7) is 1.78. The number of primary amides is 1. The molecule has 2 amide bonds. The molecule has 6 rings (SSSR count). The van der Waals surface area contributed by atoms with E-state index >= 15 is 0 Å². The average molecular weight is 492 g/mol. The van der Waals surface area contributed by atoms with Crippen LogP contribution in [0.15, 0.2) is 34.9 Å². The molecule has 188 valence electrons. The number of fused-ring (bicyclic) bond motifs is 2. The summed E-state index contributed by atoms with van der Waals surface area (Å²) in [5, 5.41) is 1.04. The zero-order valence-electron chi connectivity index (χ0n) is 20.4. The number of carbonyl (C=O) groups is 2. The zero-order valence-corrected chi connectivity index (χ0v) is 20.4. The number of ether oxygens (including phenoxy) is 2. The van der Waals surface area contributed by atoms with Crippen LogP contribution >= 0.6 is 0 Å². The van der Waals surface area contributed by atoms with Gasteiger partial charge in [-0.3, -0.25) is 4.79 Å². The van der Waals surface area contributed by atoms with Crippen molar-refractivity contribution in [3.8, 4) is 17.3 Å². The van der Waals surface area contributed by atoms with Crippen molar-refractivity contribution in [3.05, 3.63) is 36.1 Å². The second kappa shape index (κ2) is 8.61. The molecule has 1 aromatic carbocycles. The minimum Gasteiger partial charge on any atom is -0.494 e. The fourth-order valence-corrected chi connectivity index (χ4v) is 5.28. The van der Waals surface area contributed by atoms with Crippen LogP contribution < -0.4 is 10.5 Å². The number of carbonyl (C=O) groups excluding carboxylic acids is 2. The van der Waals surface area contributed by atoms with Crippen molar-refractivity contribution in [1.29, 1.82) is 0 Å². The summed E-state index contributed by atoms with van der Waals surface area (Å²) < 4.78 is 20.9. The third kappa shape index (κ3) is 3.86. The number of benzene rings is 1. The minimum absolute atomic E-state index is 0.158. The van der Waals surface area contributed by atoms with Crippen LogP contribution in [0.25, 0.3) is 33.7 Å². The number of furan rings is 1. The summed E-state index contributed by atoms with van der Waals surface area (Å²) in [5.74, 6) is 1.86. The number of imidazole rings is 1. The van der Waals surface area contributed by atoms with Crippen molar-refractivity contribution in [1.82, 2.24) is 19.0 Å². The zero-order chi connectivity index (χ0) is 25.0. The summed E-state index contributed by atoms with van der Waals surface area (Å²) >= 11 is 0. The van der Waals surface area contributed by atoms with E-state index in [4.69, 9.17) is 24.6 Å². The highest BCUT2D eigenvalue weighted by Gasteiger charge is 2.29. The first-order chi connectivity index (χ1) is 17.4. The van der Waals surface area contributed by atoms with Crippen molar-refractivity contribution in [2.45, 2.75) is 38.3 Å². The molecule has 4 heterocycles. The first kappa shape index (κ1) is 22.5. The van der Waals surface area contributed by atoms with Crippen molar-refractivity contribution >= 4 is 34.1 Å². The summed E-state index contributed by atoms with van der Waals surface area (Å²) in [7, 11) is 3.55. The highest BCUT2D eigenvalue weighted by Crippen LogP contribution is 2.38. The molecule has 0 spiro atoms. The van der Waals surface area contributed by atoms with Gasteiger partial charge in [0.1, 0.15) is 17.4 Å².